The number of likely N-dealkylation sites (tertiary alicyclic amines) is 1. The van der Waals surface area contributed by atoms with Crippen molar-refractivity contribution in [1.82, 2.24) is 14.7 Å². The molecule has 0 aliphatic carbocycles. The molecule has 2 saturated heterocycles. The molecule has 5 nitrogen and oxygen atoms in total. The fourth-order valence-corrected chi connectivity index (χ4v) is 3.51. The SMILES string of the molecule is CCCC(=O)N1CCN(CC2CCN(C(=O)CC)CC2)CC1. The minimum absolute atomic E-state index is 0.293. The molecule has 0 bridgehead atoms. The fourth-order valence-electron chi connectivity index (χ4n) is 3.51. The maximum absolute atomic E-state index is 11.9. The second-order valence-electron chi connectivity index (χ2n) is 6.61. The Morgan fingerprint density at radius 3 is 2.00 bits per heavy atom. The van der Waals surface area contributed by atoms with Gasteiger partial charge in [-0.15, -0.1) is 0 Å². The molecule has 0 unspecified atom stereocenters. The number of carbonyl (C=O) groups is 2. The molecule has 0 spiro atoms. The van der Waals surface area contributed by atoms with Crippen LogP contribution in [0.1, 0.15) is 46.0 Å². The summed E-state index contributed by atoms with van der Waals surface area (Å²) in [5.41, 5.74) is 0. The number of piperidine rings is 1. The quantitative estimate of drug-likeness (QED) is 0.774. The first-order valence-corrected chi connectivity index (χ1v) is 8.92. The van der Waals surface area contributed by atoms with Crippen LogP contribution in [0.3, 0.4) is 0 Å². The summed E-state index contributed by atoms with van der Waals surface area (Å²) in [7, 11) is 0. The van der Waals surface area contributed by atoms with Crippen molar-refractivity contribution in [1.29, 1.82) is 0 Å². The van der Waals surface area contributed by atoms with Crippen molar-refractivity contribution >= 4 is 11.8 Å². The maximum Gasteiger partial charge on any atom is 0.222 e. The van der Waals surface area contributed by atoms with E-state index in [4.69, 9.17) is 0 Å². The summed E-state index contributed by atoms with van der Waals surface area (Å²) in [4.78, 5) is 30.1. The lowest BCUT2D eigenvalue weighted by Crippen LogP contribution is -2.50. The smallest absolute Gasteiger partial charge is 0.222 e. The number of carbonyl (C=O) groups excluding carboxylic acids is 2. The zero-order valence-electron chi connectivity index (χ0n) is 14.2. The lowest BCUT2D eigenvalue weighted by atomic mass is 9.95. The second-order valence-corrected chi connectivity index (χ2v) is 6.61. The largest absolute Gasteiger partial charge is 0.343 e. The number of hydrogen-bond donors (Lipinski definition) is 0. The van der Waals surface area contributed by atoms with E-state index in [0.29, 0.717) is 30.6 Å². The van der Waals surface area contributed by atoms with Gasteiger partial charge in [-0.1, -0.05) is 13.8 Å². The highest BCUT2D eigenvalue weighted by molar-refractivity contribution is 5.76. The van der Waals surface area contributed by atoms with Gasteiger partial charge in [-0.2, -0.15) is 0 Å². The zero-order chi connectivity index (χ0) is 15.9. The Kier molecular flexibility index (Phi) is 6.68. The van der Waals surface area contributed by atoms with Crippen molar-refractivity contribution in [2.75, 3.05) is 45.8 Å². The zero-order valence-corrected chi connectivity index (χ0v) is 14.2. The molecule has 0 N–H and O–H groups in total. The van der Waals surface area contributed by atoms with Gasteiger partial charge in [0.25, 0.3) is 0 Å². The van der Waals surface area contributed by atoms with Crippen LogP contribution < -0.4 is 0 Å². The molecule has 126 valence electrons. The van der Waals surface area contributed by atoms with Gasteiger partial charge >= 0.3 is 0 Å². The minimum Gasteiger partial charge on any atom is -0.343 e. The molecular formula is C17H31N3O2. The minimum atomic E-state index is 0.293. The Hall–Kier alpha value is -1.10. The summed E-state index contributed by atoms with van der Waals surface area (Å²) in [6, 6.07) is 0. The number of nitrogens with zero attached hydrogens (tertiary/aromatic N) is 3. The molecule has 0 aromatic heterocycles. The third-order valence-corrected chi connectivity index (χ3v) is 4.97. The topological polar surface area (TPSA) is 43.9 Å². The summed E-state index contributed by atoms with van der Waals surface area (Å²) in [6.45, 7) is 10.7. The number of piperazine rings is 1. The first kappa shape index (κ1) is 17.3. The predicted octanol–water partition coefficient (Wildman–Crippen LogP) is 1.58. The van der Waals surface area contributed by atoms with Crippen LogP contribution in [0.15, 0.2) is 0 Å². The van der Waals surface area contributed by atoms with Gasteiger partial charge in [0.2, 0.25) is 11.8 Å². The van der Waals surface area contributed by atoms with Crippen molar-refractivity contribution in [2.24, 2.45) is 5.92 Å². The monoisotopic (exact) mass is 309 g/mol. The van der Waals surface area contributed by atoms with Crippen LogP contribution in [0.5, 0.6) is 0 Å². The van der Waals surface area contributed by atoms with E-state index >= 15 is 0 Å². The van der Waals surface area contributed by atoms with E-state index < -0.39 is 0 Å². The van der Waals surface area contributed by atoms with E-state index in [-0.39, 0.29) is 0 Å². The van der Waals surface area contributed by atoms with Crippen LogP contribution in [-0.4, -0.2) is 72.3 Å². The number of rotatable bonds is 5. The van der Waals surface area contributed by atoms with Gasteiger partial charge in [0.05, 0.1) is 0 Å². The summed E-state index contributed by atoms with van der Waals surface area (Å²) < 4.78 is 0. The molecule has 2 heterocycles. The Bertz CT molecular complexity index is 370. The van der Waals surface area contributed by atoms with Gasteiger partial charge in [-0.05, 0) is 25.2 Å². The van der Waals surface area contributed by atoms with E-state index in [1.54, 1.807) is 0 Å². The average Bonchev–Trinajstić information content (AvgIpc) is 2.55. The Balaban J connectivity index is 1.67. The van der Waals surface area contributed by atoms with Crippen LogP contribution in [-0.2, 0) is 9.59 Å². The molecule has 5 heteroatoms. The van der Waals surface area contributed by atoms with Gasteiger partial charge in [0, 0.05) is 58.7 Å². The molecule has 2 rings (SSSR count). The van der Waals surface area contributed by atoms with Crippen molar-refractivity contribution < 1.29 is 9.59 Å². The standard InChI is InChI=1S/C17H31N3O2/c1-3-5-17(22)20-12-10-18(11-13-20)14-15-6-8-19(9-7-15)16(21)4-2/h15H,3-14H2,1-2H3. The van der Waals surface area contributed by atoms with E-state index in [1.165, 1.54) is 0 Å². The summed E-state index contributed by atoms with van der Waals surface area (Å²) >= 11 is 0. The number of amides is 2. The molecule has 2 fully saturated rings. The van der Waals surface area contributed by atoms with Gasteiger partial charge in [0.1, 0.15) is 0 Å². The highest BCUT2D eigenvalue weighted by Crippen LogP contribution is 2.20. The normalized spacial score (nSPS) is 21.2. The molecule has 0 radical (unpaired) electrons. The fraction of sp³-hybridized carbons (Fsp3) is 0.882. The average molecular weight is 309 g/mol. The van der Waals surface area contributed by atoms with E-state index in [1.807, 2.05) is 16.7 Å². The molecular weight excluding hydrogens is 278 g/mol. The highest BCUT2D eigenvalue weighted by atomic mass is 16.2. The lowest BCUT2D eigenvalue weighted by Gasteiger charge is -2.39. The van der Waals surface area contributed by atoms with Gasteiger partial charge in [0.15, 0.2) is 0 Å². The Morgan fingerprint density at radius 2 is 1.45 bits per heavy atom. The molecule has 0 aromatic rings. The third-order valence-electron chi connectivity index (χ3n) is 4.97. The molecule has 2 amide bonds. The third kappa shape index (κ3) is 4.70. The highest BCUT2D eigenvalue weighted by Gasteiger charge is 2.26. The van der Waals surface area contributed by atoms with E-state index in [9.17, 15) is 9.59 Å². The number of hydrogen-bond acceptors (Lipinski definition) is 3. The molecule has 0 saturated carbocycles. The van der Waals surface area contributed by atoms with E-state index in [0.717, 1.165) is 65.1 Å². The van der Waals surface area contributed by atoms with Crippen LogP contribution in [0, 0.1) is 5.92 Å². The van der Waals surface area contributed by atoms with Crippen molar-refractivity contribution in [3.8, 4) is 0 Å². The predicted molar refractivity (Wildman–Crippen MR) is 87.5 cm³/mol. The summed E-state index contributed by atoms with van der Waals surface area (Å²) in [5.74, 6) is 1.31. The van der Waals surface area contributed by atoms with Crippen molar-refractivity contribution in [3.63, 3.8) is 0 Å². The van der Waals surface area contributed by atoms with Crippen LogP contribution >= 0.6 is 0 Å². The van der Waals surface area contributed by atoms with Gasteiger partial charge in [-0.3, -0.25) is 14.5 Å². The van der Waals surface area contributed by atoms with Crippen molar-refractivity contribution in [2.45, 2.75) is 46.0 Å². The first-order chi connectivity index (χ1) is 10.6. The van der Waals surface area contributed by atoms with Crippen LogP contribution in [0.4, 0.5) is 0 Å². The first-order valence-electron chi connectivity index (χ1n) is 8.92. The summed E-state index contributed by atoms with van der Waals surface area (Å²) in [5, 5.41) is 0. The molecule has 2 aliphatic rings. The molecule has 22 heavy (non-hydrogen) atoms. The molecule has 0 atom stereocenters. The maximum atomic E-state index is 11.9. The second kappa shape index (κ2) is 8.51. The summed E-state index contributed by atoms with van der Waals surface area (Å²) in [6.07, 6.45) is 4.50. The lowest BCUT2D eigenvalue weighted by molar-refractivity contribution is -0.133. The van der Waals surface area contributed by atoms with Gasteiger partial charge in [-0.25, -0.2) is 0 Å². The molecule has 2 aliphatic heterocycles. The van der Waals surface area contributed by atoms with E-state index in [2.05, 4.69) is 11.8 Å². The van der Waals surface area contributed by atoms with Crippen LogP contribution in [0.2, 0.25) is 0 Å². The Labute approximate surface area is 134 Å². The van der Waals surface area contributed by atoms with Crippen LogP contribution in [0.25, 0.3) is 0 Å². The Morgan fingerprint density at radius 1 is 0.864 bits per heavy atom. The van der Waals surface area contributed by atoms with Crippen molar-refractivity contribution in [3.05, 3.63) is 0 Å². The molecule has 0 aromatic carbocycles. The van der Waals surface area contributed by atoms with Gasteiger partial charge < -0.3 is 9.80 Å².